The number of nitrogens with one attached hydrogen (secondary N) is 1. The molecule has 2 rings (SSSR count). The van der Waals surface area contributed by atoms with E-state index in [1.807, 2.05) is 31.4 Å². The normalized spacial score (nSPS) is 11.8. The molecule has 0 bridgehead atoms. The first kappa shape index (κ1) is 15.2. The molecule has 1 N–H and O–H groups in total. The summed E-state index contributed by atoms with van der Waals surface area (Å²) in [6.07, 6.45) is 0.614. The van der Waals surface area contributed by atoms with Gasteiger partial charge < -0.3 is 0 Å². The van der Waals surface area contributed by atoms with Crippen molar-refractivity contribution in [3.8, 4) is 0 Å². The fourth-order valence-corrected chi connectivity index (χ4v) is 4.02. The smallest absolute Gasteiger partial charge is 0.240 e. The zero-order valence-corrected chi connectivity index (χ0v) is 13.4. The number of nitrogens with zero attached hydrogens (tertiary/aromatic N) is 1. The fourth-order valence-electron chi connectivity index (χ4n) is 1.88. The Bertz CT molecular complexity index is 706. The van der Waals surface area contributed by atoms with E-state index in [1.165, 1.54) is 0 Å². The maximum absolute atomic E-state index is 12.3. The molecule has 6 heteroatoms. The number of rotatable bonds is 5. The topological polar surface area (TPSA) is 59.1 Å². The van der Waals surface area contributed by atoms with Crippen molar-refractivity contribution < 1.29 is 8.42 Å². The van der Waals surface area contributed by atoms with E-state index in [0.717, 1.165) is 21.8 Å². The molecular weight excluding hydrogens is 292 g/mol. The van der Waals surface area contributed by atoms with Crippen LogP contribution in [0.25, 0.3) is 0 Å². The van der Waals surface area contributed by atoms with E-state index in [0.29, 0.717) is 17.9 Å². The van der Waals surface area contributed by atoms with Crippen LogP contribution in [0.2, 0.25) is 0 Å². The summed E-state index contributed by atoms with van der Waals surface area (Å²) >= 11 is 1.56. The van der Waals surface area contributed by atoms with E-state index >= 15 is 0 Å². The van der Waals surface area contributed by atoms with Crippen molar-refractivity contribution in [1.29, 1.82) is 0 Å². The third-order valence-corrected chi connectivity index (χ3v) is 5.56. The molecule has 0 radical (unpaired) electrons. The minimum atomic E-state index is -3.45. The Morgan fingerprint density at radius 2 is 2.00 bits per heavy atom. The lowest BCUT2D eigenvalue weighted by molar-refractivity contribution is 0.581. The summed E-state index contributed by atoms with van der Waals surface area (Å²) in [5, 5.41) is 2.92. The third-order valence-electron chi connectivity index (χ3n) is 2.93. The van der Waals surface area contributed by atoms with E-state index < -0.39 is 10.0 Å². The maximum atomic E-state index is 12.3. The summed E-state index contributed by atoms with van der Waals surface area (Å²) in [5.74, 6) is 0. The first-order valence-corrected chi connectivity index (χ1v) is 8.73. The highest BCUT2D eigenvalue weighted by Crippen LogP contribution is 2.16. The lowest BCUT2D eigenvalue weighted by Gasteiger charge is -2.09. The molecule has 0 saturated carbocycles. The monoisotopic (exact) mass is 310 g/mol. The van der Waals surface area contributed by atoms with Crippen LogP contribution in [0, 0.1) is 20.8 Å². The van der Waals surface area contributed by atoms with Crippen LogP contribution >= 0.6 is 11.3 Å². The first-order valence-electron chi connectivity index (χ1n) is 6.36. The van der Waals surface area contributed by atoms with Gasteiger partial charge in [-0.05, 0) is 38.0 Å². The Morgan fingerprint density at radius 3 is 2.65 bits per heavy atom. The summed E-state index contributed by atoms with van der Waals surface area (Å²) < 4.78 is 27.2. The number of hydrogen-bond donors (Lipinski definition) is 1. The van der Waals surface area contributed by atoms with Crippen LogP contribution in [0.15, 0.2) is 28.5 Å². The summed E-state index contributed by atoms with van der Waals surface area (Å²) in [4.78, 5) is 4.67. The molecule has 1 heterocycles. The van der Waals surface area contributed by atoms with Crippen LogP contribution < -0.4 is 4.72 Å². The van der Waals surface area contributed by atoms with E-state index in [-0.39, 0.29) is 0 Å². The molecule has 0 aliphatic carbocycles. The molecule has 0 aliphatic rings. The van der Waals surface area contributed by atoms with Gasteiger partial charge >= 0.3 is 0 Å². The average Bonchev–Trinajstić information content (AvgIpc) is 2.78. The molecule has 108 valence electrons. The molecule has 1 aromatic carbocycles. The minimum absolute atomic E-state index is 0.354. The van der Waals surface area contributed by atoms with Gasteiger partial charge in [-0.3, -0.25) is 0 Å². The number of benzene rings is 1. The SMILES string of the molecule is Cc1ccc(C)c(S(=O)(=O)NCCc2nc(C)cs2)c1. The van der Waals surface area contributed by atoms with Crippen molar-refractivity contribution in [1.82, 2.24) is 9.71 Å². The number of sulfonamides is 1. The van der Waals surface area contributed by atoms with Crippen molar-refractivity contribution in [2.45, 2.75) is 32.1 Å². The average molecular weight is 310 g/mol. The van der Waals surface area contributed by atoms with Crippen LogP contribution in [-0.4, -0.2) is 19.9 Å². The van der Waals surface area contributed by atoms with Crippen LogP contribution in [0.3, 0.4) is 0 Å². The van der Waals surface area contributed by atoms with Crippen molar-refractivity contribution >= 4 is 21.4 Å². The number of thiazole rings is 1. The Balaban J connectivity index is 2.06. The van der Waals surface area contributed by atoms with Crippen LogP contribution in [0.1, 0.15) is 21.8 Å². The summed E-state index contributed by atoms with van der Waals surface area (Å²) in [7, 11) is -3.45. The van der Waals surface area contributed by atoms with E-state index in [9.17, 15) is 8.42 Å². The molecule has 0 unspecified atom stereocenters. The maximum Gasteiger partial charge on any atom is 0.240 e. The van der Waals surface area contributed by atoms with Gasteiger partial charge in [0.05, 0.1) is 9.90 Å². The largest absolute Gasteiger partial charge is 0.247 e. The highest BCUT2D eigenvalue weighted by atomic mass is 32.2. The Morgan fingerprint density at radius 1 is 1.25 bits per heavy atom. The molecule has 0 aliphatic heterocycles. The van der Waals surface area contributed by atoms with E-state index in [2.05, 4.69) is 9.71 Å². The van der Waals surface area contributed by atoms with E-state index in [4.69, 9.17) is 0 Å². The van der Waals surface area contributed by atoms with Crippen LogP contribution in [0.4, 0.5) is 0 Å². The molecule has 0 saturated heterocycles. The number of hydrogen-bond acceptors (Lipinski definition) is 4. The highest BCUT2D eigenvalue weighted by Gasteiger charge is 2.16. The molecule has 0 atom stereocenters. The third kappa shape index (κ3) is 3.65. The van der Waals surface area contributed by atoms with Crippen LogP contribution in [-0.2, 0) is 16.4 Å². The standard InChI is InChI=1S/C14H18N2O2S2/c1-10-4-5-11(2)13(8-10)20(17,18)15-7-6-14-16-12(3)9-19-14/h4-5,8-9,15H,6-7H2,1-3H3. The zero-order chi connectivity index (χ0) is 14.8. The van der Waals surface area contributed by atoms with Crippen LogP contribution in [0.5, 0.6) is 0 Å². The van der Waals surface area contributed by atoms with E-state index in [1.54, 1.807) is 24.3 Å². The van der Waals surface area contributed by atoms with Gasteiger partial charge in [0, 0.05) is 24.0 Å². The van der Waals surface area contributed by atoms with Gasteiger partial charge in [-0.15, -0.1) is 11.3 Å². The summed E-state index contributed by atoms with van der Waals surface area (Å²) in [6, 6.07) is 5.44. The number of aromatic nitrogens is 1. The van der Waals surface area contributed by atoms with Crippen molar-refractivity contribution in [3.05, 3.63) is 45.4 Å². The highest BCUT2D eigenvalue weighted by molar-refractivity contribution is 7.89. The fraction of sp³-hybridized carbons (Fsp3) is 0.357. The van der Waals surface area contributed by atoms with Gasteiger partial charge in [0.25, 0.3) is 0 Å². The quantitative estimate of drug-likeness (QED) is 0.923. The molecule has 20 heavy (non-hydrogen) atoms. The molecule has 0 fully saturated rings. The predicted octanol–water partition coefficient (Wildman–Crippen LogP) is 2.59. The molecule has 1 aromatic heterocycles. The van der Waals surface area contributed by atoms with Gasteiger partial charge in [0.2, 0.25) is 10.0 Å². The lowest BCUT2D eigenvalue weighted by Crippen LogP contribution is -2.26. The second-order valence-corrected chi connectivity index (χ2v) is 7.48. The van der Waals surface area contributed by atoms with Crippen molar-refractivity contribution in [2.24, 2.45) is 0 Å². The second kappa shape index (κ2) is 6.03. The van der Waals surface area contributed by atoms with Crippen molar-refractivity contribution in [3.63, 3.8) is 0 Å². The Hall–Kier alpha value is -1.24. The predicted molar refractivity (Wildman–Crippen MR) is 81.7 cm³/mol. The first-order chi connectivity index (χ1) is 9.38. The molecular formula is C14H18N2O2S2. The van der Waals surface area contributed by atoms with Gasteiger partial charge in [-0.1, -0.05) is 12.1 Å². The summed E-state index contributed by atoms with van der Waals surface area (Å²) in [5.41, 5.74) is 2.67. The Labute approximate surface area is 123 Å². The molecule has 0 spiro atoms. The van der Waals surface area contributed by atoms with Crippen molar-refractivity contribution in [2.75, 3.05) is 6.54 Å². The van der Waals surface area contributed by atoms with Gasteiger partial charge in [-0.2, -0.15) is 0 Å². The zero-order valence-electron chi connectivity index (χ0n) is 11.8. The van der Waals surface area contributed by atoms with Gasteiger partial charge in [-0.25, -0.2) is 18.1 Å². The van der Waals surface area contributed by atoms with Gasteiger partial charge in [0.15, 0.2) is 0 Å². The molecule has 2 aromatic rings. The second-order valence-electron chi connectivity index (χ2n) is 4.80. The van der Waals surface area contributed by atoms with Gasteiger partial charge in [0.1, 0.15) is 0 Å². The minimum Gasteiger partial charge on any atom is -0.247 e. The lowest BCUT2D eigenvalue weighted by atomic mass is 10.2. The Kier molecular flexibility index (Phi) is 4.57. The number of aryl methyl sites for hydroxylation is 3. The molecule has 4 nitrogen and oxygen atoms in total. The summed E-state index contributed by atoms with van der Waals surface area (Å²) in [6.45, 7) is 5.98. The molecule has 0 amide bonds.